The molecule has 2 N–H and O–H groups in total. The minimum atomic E-state index is 0. The Morgan fingerprint density at radius 1 is 0.938 bits per heavy atom. The van der Waals surface area contributed by atoms with Crippen LogP contribution < -0.4 is 10.6 Å². The second-order valence-electron chi connectivity index (χ2n) is 9.22. The van der Waals surface area contributed by atoms with Crippen LogP contribution in [-0.4, -0.2) is 98.8 Å². The van der Waals surface area contributed by atoms with Crippen LogP contribution >= 0.6 is 24.0 Å². The van der Waals surface area contributed by atoms with Gasteiger partial charge in [-0.1, -0.05) is 31.2 Å². The number of ether oxygens (including phenoxy) is 1. The molecule has 7 nitrogen and oxygen atoms in total. The minimum absolute atomic E-state index is 0. The second-order valence-corrected chi connectivity index (χ2v) is 9.22. The van der Waals surface area contributed by atoms with Crippen LogP contribution in [0, 0.1) is 0 Å². The fourth-order valence-corrected chi connectivity index (χ4v) is 4.27. The number of nitrogens with zero attached hydrogens (tertiary/aromatic N) is 4. The third-order valence-corrected chi connectivity index (χ3v) is 6.58. The van der Waals surface area contributed by atoms with Gasteiger partial charge in [0.15, 0.2) is 5.96 Å². The lowest BCUT2D eigenvalue weighted by atomic mass is 10.0. The molecule has 3 rings (SSSR count). The fourth-order valence-electron chi connectivity index (χ4n) is 4.27. The van der Waals surface area contributed by atoms with Gasteiger partial charge in [-0.05, 0) is 31.5 Å². The van der Waals surface area contributed by atoms with E-state index in [4.69, 9.17) is 4.74 Å². The zero-order chi connectivity index (χ0) is 22.1. The summed E-state index contributed by atoms with van der Waals surface area (Å²) in [5.41, 5.74) is 2.73. The molecule has 0 radical (unpaired) electrons. The molecular formula is C24H43IN6O. The normalized spacial score (nSPS) is 19.4. The van der Waals surface area contributed by atoms with Crippen molar-refractivity contribution in [1.82, 2.24) is 25.3 Å². The number of benzene rings is 1. The third-order valence-electron chi connectivity index (χ3n) is 6.58. The summed E-state index contributed by atoms with van der Waals surface area (Å²) in [6, 6.07) is 8.99. The molecule has 0 aliphatic carbocycles. The minimum Gasteiger partial charge on any atom is -0.379 e. The number of guanidine groups is 1. The summed E-state index contributed by atoms with van der Waals surface area (Å²) in [5, 5.41) is 6.95. The van der Waals surface area contributed by atoms with Crippen molar-refractivity contribution in [3.05, 3.63) is 35.4 Å². The highest BCUT2D eigenvalue weighted by Gasteiger charge is 2.28. The van der Waals surface area contributed by atoms with Gasteiger partial charge in [0.05, 0.1) is 13.2 Å². The summed E-state index contributed by atoms with van der Waals surface area (Å²) in [5.74, 6) is 0.846. The van der Waals surface area contributed by atoms with E-state index in [0.717, 1.165) is 58.4 Å². The van der Waals surface area contributed by atoms with Crippen molar-refractivity contribution in [1.29, 1.82) is 0 Å². The van der Waals surface area contributed by atoms with E-state index in [2.05, 4.69) is 75.4 Å². The second kappa shape index (κ2) is 13.7. The largest absolute Gasteiger partial charge is 0.379 e. The molecule has 0 atom stereocenters. The summed E-state index contributed by atoms with van der Waals surface area (Å²) in [6.07, 6.45) is 0. The van der Waals surface area contributed by atoms with Crippen LogP contribution in [0.5, 0.6) is 0 Å². The van der Waals surface area contributed by atoms with E-state index in [1.54, 1.807) is 0 Å². The Morgan fingerprint density at radius 2 is 1.53 bits per heavy atom. The summed E-state index contributed by atoms with van der Waals surface area (Å²) in [4.78, 5) is 12.0. The predicted molar refractivity (Wildman–Crippen MR) is 144 cm³/mol. The predicted octanol–water partition coefficient (Wildman–Crippen LogP) is 2.22. The molecule has 2 saturated heterocycles. The van der Waals surface area contributed by atoms with Crippen molar-refractivity contribution < 1.29 is 4.74 Å². The van der Waals surface area contributed by atoms with Crippen LogP contribution in [0.3, 0.4) is 0 Å². The van der Waals surface area contributed by atoms with E-state index >= 15 is 0 Å². The van der Waals surface area contributed by atoms with Crippen molar-refractivity contribution in [2.45, 2.75) is 39.4 Å². The molecule has 0 saturated carbocycles. The monoisotopic (exact) mass is 558 g/mol. The highest BCUT2D eigenvalue weighted by Crippen LogP contribution is 2.15. The van der Waals surface area contributed by atoms with E-state index in [1.807, 2.05) is 7.05 Å². The topological polar surface area (TPSA) is 55.4 Å². The molecule has 0 bridgehead atoms. The zero-order valence-electron chi connectivity index (χ0n) is 20.4. The molecular weight excluding hydrogens is 515 g/mol. The lowest BCUT2D eigenvalue weighted by molar-refractivity contribution is -0.00834. The maximum Gasteiger partial charge on any atom is 0.191 e. The van der Waals surface area contributed by atoms with Crippen LogP contribution in [0.2, 0.25) is 0 Å². The Kier molecular flexibility index (Phi) is 11.7. The van der Waals surface area contributed by atoms with Crippen LogP contribution in [0.1, 0.15) is 31.9 Å². The molecule has 0 amide bonds. The zero-order valence-corrected chi connectivity index (χ0v) is 22.7. The van der Waals surface area contributed by atoms with Gasteiger partial charge in [0, 0.05) is 71.5 Å². The molecule has 0 aromatic heterocycles. The van der Waals surface area contributed by atoms with Gasteiger partial charge in [0.2, 0.25) is 0 Å². The molecule has 2 aliphatic heterocycles. The third kappa shape index (κ3) is 8.44. The number of hydrogen-bond donors (Lipinski definition) is 2. The lowest BCUT2D eigenvalue weighted by Crippen LogP contribution is -2.56. The molecule has 32 heavy (non-hydrogen) atoms. The van der Waals surface area contributed by atoms with Gasteiger partial charge in [-0.3, -0.25) is 14.8 Å². The average Bonchev–Trinajstić information content (AvgIpc) is 2.81. The van der Waals surface area contributed by atoms with E-state index in [-0.39, 0.29) is 29.5 Å². The van der Waals surface area contributed by atoms with Crippen LogP contribution in [-0.2, 0) is 17.8 Å². The van der Waals surface area contributed by atoms with Crippen molar-refractivity contribution in [2.24, 2.45) is 4.99 Å². The molecule has 0 unspecified atom stereocenters. The van der Waals surface area contributed by atoms with Gasteiger partial charge >= 0.3 is 0 Å². The number of hydrogen-bond acceptors (Lipinski definition) is 5. The Hall–Kier alpha value is -0.940. The Balaban J connectivity index is 0.00000363. The van der Waals surface area contributed by atoms with Crippen molar-refractivity contribution in [3.8, 4) is 0 Å². The maximum absolute atomic E-state index is 5.49. The number of rotatable bonds is 8. The van der Waals surface area contributed by atoms with E-state index in [9.17, 15) is 0 Å². The number of likely N-dealkylation sites (N-methyl/N-ethyl adjacent to an activating group) is 1. The van der Waals surface area contributed by atoms with Crippen molar-refractivity contribution >= 4 is 29.9 Å². The molecule has 1 aromatic carbocycles. The van der Waals surface area contributed by atoms with E-state index < -0.39 is 0 Å². The van der Waals surface area contributed by atoms with Gasteiger partial charge in [-0.25, -0.2) is 0 Å². The Labute approximate surface area is 212 Å². The molecule has 1 aromatic rings. The van der Waals surface area contributed by atoms with E-state index in [1.165, 1.54) is 37.3 Å². The first-order chi connectivity index (χ1) is 15.0. The summed E-state index contributed by atoms with van der Waals surface area (Å²) >= 11 is 0. The maximum atomic E-state index is 5.49. The standard InChI is InChI=1S/C24H42N6O.HI/c1-5-28-10-12-29(13-11-28)19-22-8-6-21(7-9-22)18-26-23(25-4)27-20-24(2,3)30-14-16-31-17-15-30;/h6-9H,5,10-20H2,1-4H3,(H2,25,26,27);1H. The van der Waals surface area contributed by atoms with Crippen LogP contribution in [0.15, 0.2) is 29.3 Å². The number of nitrogens with one attached hydrogen (secondary N) is 2. The van der Waals surface area contributed by atoms with Crippen LogP contribution in [0.25, 0.3) is 0 Å². The van der Waals surface area contributed by atoms with Crippen LogP contribution in [0.4, 0.5) is 0 Å². The number of halogens is 1. The molecule has 2 aliphatic rings. The van der Waals surface area contributed by atoms with Gasteiger partial charge in [0.25, 0.3) is 0 Å². The Morgan fingerprint density at radius 3 is 2.12 bits per heavy atom. The van der Waals surface area contributed by atoms with Gasteiger partial charge in [0.1, 0.15) is 0 Å². The fraction of sp³-hybridized carbons (Fsp3) is 0.708. The van der Waals surface area contributed by atoms with E-state index in [0.29, 0.717) is 0 Å². The Bertz CT molecular complexity index is 682. The highest BCUT2D eigenvalue weighted by atomic mass is 127. The highest BCUT2D eigenvalue weighted by molar-refractivity contribution is 14.0. The first-order valence-corrected chi connectivity index (χ1v) is 11.8. The number of piperazine rings is 1. The summed E-state index contributed by atoms with van der Waals surface area (Å²) < 4.78 is 5.49. The lowest BCUT2D eigenvalue weighted by Gasteiger charge is -2.41. The van der Waals surface area contributed by atoms with Gasteiger partial charge in [-0.15, -0.1) is 24.0 Å². The molecule has 2 heterocycles. The summed E-state index contributed by atoms with van der Waals surface area (Å²) in [7, 11) is 1.83. The SMILES string of the molecule is CCN1CCN(Cc2ccc(CNC(=NC)NCC(C)(C)N3CCOCC3)cc2)CC1.I. The smallest absolute Gasteiger partial charge is 0.191 e. The quantitative estimate of drug-likeness (QED) is 0.290. The average molecular weight is 559 g/mol. The van der Waals surface area contributed by atoms with Gasteiger partial charge < -0.3 is 20.3 Å². The molecule has 0 spiro atoms. The van der Waals surface area contributed by atoms with Gasteiger partial charge in [-0.2, -0.15) is 0 Å². The number of morpholine rings is 1. The summed E-state index contributed by atoms with van der Waals surface area (Å²) in [6.45, 7) is 19.0. The van der Waals surface area contributed by atoms with Crippen molar-refractivity contribution in [2.75, 3.05) is 72.6 Å². The molecule has 2 fully saturated rings. The molecule has 182 valence electrons. The molecule has 8 heteroatoms. The van der Waals surface area contributed by atoms with Crippen molar-refractivity contribution in [3.63, 3.8) is 0 Å². The first-order valence-electron chi connectivity index (χ1n) is 11.8. The first kappa shape index (κ1) is 27.3. The number of aliphatic imine (C=N–C) groups is 1.